The number of benzene rings is 3. The molecule has 1 heterocycles. The number of para-hydroxylation sites is 2. The Bertz CT molecular complexity index is 1410. The molecule has 1 unspecified atom stereocenters. The molecule has 0 aliphatic rings. The zero-order valence-electron chi connectivity index (χ0n) is 20.6. The number of methoxy groups -OCH3 is 1. The maximum Gasteiger partial charge on any atom is 0.429 e. The van der Waals surface area contributed by atoms with Gasteiger partial charge in [-0.05, 0) is 36.2 Å². The Morgan fingerprint density at radius 3 is 2.26 bits per heavy atom. The zero-order valence-corrected chi connectivity index (χ0v) is 20.6. The average molecular weight is 540 g/mol. The Kier molecular flexibility index (Phi) is 8.30. The molecule has 202 valence electrons. The first kappa shape index (κ1) is 27.4. The van der Waals surface area contributed by atoms with E-state index in [1.165, 1.54) is 37.4 Å². The summed E-state index contributed by atoms with van der Waals surface area (Å²) in [6.07, 6.45) is -5.79. The number of halogens is 3. The molecule has 0 saturated carbocycles. The first-order valence-electron chi connectivity index (χ1n) is 11.7. The Hall–Kier alpha value is -4.64. The molecule has 39 heavy (non-hydrogen) atoms. The number of hydrogen-bond donors (Lipinski definition) is 2. The fourth-order valence-electron chi connectivity index (χ4n) is 3.70. The molecule has 4 rings (SSSR count). The SMILES string of the molecule is COc1ccccc1Oc1ccc(C(Oc2cc(-c3ccc(C[C@H](N)C(=O)O)cc3)ncn2)C(F)(F)F)cc1. The lowest BCUT2D eigenvalue weighted by atomic mass is 10.0. The van der Waals surface area contributed by atoms with Gasteiger partial charge in [0.1, 0.15) is 18.1 Å². The Morgan fingerprint density at radius 2 is 1.64 bits per heavy atom. The van der Waals surface area contributed by atoms with E-state index < -0.39 is 24.3 Å². The molecule has 11 heteroatoms. The molecule has 2 atom stereocenters. The predicted molar refractivity (Wildman–Crippen MR) is 136 cm³/mol. The number of aliphatic carboxylic acids is 1. The molecular formula is C28H24F3N3O5. The summed E-state index contributed by atoms with van der Waals surface area (Å²) in [6.45, 7) is 0. The molecule has 0 bridgehead atoms. The minimum atomic E-state index is -4.74. The highest BCUT2D eigenvalue weighted by Crippen LogP contribution is 2.38. The van der Waals surface area contributed by atoms with Crippen LogP contribution >= 0.6 is 0 Å². The Balaban J connectivity index is 1.51. The highest BCUT2D eigenvalue weighted by Gasteiger charge is 2.43. The van der Waals surface area contributed by atoms with E-state index in [-0.39, 0.29) is 17.9 Å². The molecule has 0 amide bonds. The van der Waals surface area contributed by atoms with E-state index in [9.17, 15) is 18.0 Å². The van der Waals surface area contributed by atoms with Crippen molar-refractivity contribution < 1.29 is 37.3 Å². The van der Waals surface area contributed by atoms with Crippen molar-refractivity contribution in [3.8, 4) is 34.4 Å². The maximum atomic E-state index is 14.0. The first-order chi connectivity index (χ1) is 18.6. The monoisotopic (exact) mass is 539 g/mol. The van der Waals surface area contributed by atoms with Crippen LogP contribution in [0.25, 0.3) is 11.3 Å². The summed E-state index contributed by atoms with van der Waals surface area (Å²) in [7, 11) is 1.49. The molecule has 0 fully saturated rings. The van der Waals surface area contributed by atoms with Gasteiger partial charge in [-0.2, -0.15) is 13.2 Å². The number of nitrogens with two attached hydrogens (primary N) is 1. The Morgan fingerprint density at radius 1 is 0.974 bits per heavy atom. The van der Waals surface area contributed by atoms with Gasteiger partial charge >= 0.3 is 12.1 Å². The van der Waals surface area contributed by atoms with E-state index >= 15 is 0 Å². The van der Waals surface area contributed by atoms with Crippen LogP contribution in [0.3, 0.4) is 0 Å². The molecule has 0 spiro atoms. The molecule has 0 radical (unpaired) electrons. The number of carboxylic acids is 1. The lowest BCUT2D eigenvalue weighted by Gasteiger charge is -2.22. The number of aromatic nitrogens is 2. The number of ether oxygens (including phenoxy) is 3. The van der Waals surface area contributed by atoms with Crippen molar-refractivity contribution in [3.63, 3.8) is 0 Å². The third-order valence-electron chi connectivity index (χ3n) is 5.68. The maximum absolute atomic E-state index is 14.0. The fraction of sp³-hybridized carbons (Fsp3) is 0.179. The van der Waals surface area contributed by atoms with Gasteiger partial charge in [0.25, 0.3) is 0 Å². The normalized spacial score (nSPS) is 12.8. The third kappa shape index (κ3) is 7.02. The van der Waals surface area contributed by atoms with Gasteiger partial charge in [0.05, 0.1) is 12.8 Å². The summed E-state index contributed by atoms with van der Waals surface area (Å²) >= 11 is 0. The van der Waals surface area contributed by atoms with Crippen molar-refractivity contribution in [3.05, 3.63) is 96.3 Å². The number of carboxylic acid groups (broad SMARTS) is 1. The van der Waals surface area contributed by atoms with Crippen molar-refractivity contribution in [1.82, 2.24) is 9.97 Å². The van der Waals surface area contributed by atoms with E-state index in [0.717, 1.165) is 6.33 Å². The molecular weight excluding hydrogens is 515 g/mol. The van der Waals surface area contributed by atoms with Crippen LogP contribution in [0, 0.1) is 0 Å². The smallest absolute Gasteiger partial charge is 0.429 e. The van der Waals surface area contributed by atoms with Crippen molar-refractivity contribution >= 4 is 5.97 Å². The molecule has 0 aliphatic carbocycles. The van der Waals surface area contributed by atoms with E-state index in [0.29, 0.717) is 34.1 Å². The summed E-state index contributed by atoms with van der Waals surface area (Å²) in [6, 6.07) is 19.2. The second-order valence-electron chi connectivity index (χ2n) is 8.45. The largest absolute Gasteiger partial charge is 0.493 e. The van der Waals surface area contributed by atoms with Gasteiger partial charge in [-0.25, -0.2) is 9.97 Å². The van der Waals surface area contributed by atoms with Gasteiger partial charge < -0.3 is 25.1 Å². The Labute approximate surface area is 221 Å². The average Bonchev–Trinajstić information content (AvgIpc) is 2.92. The van der Waals surface area contributed by atoms with Crippen LogP contribution in [0.4, 0.5) is 13.2 Å². The molecule has 8 nitrogen and oxygen atoms in total. The van der Waals surface area contributed by atoms with Gasteiger partial charge in [0.15, 0.2) is 11.5 Å². The second-order valence-corrected chi connectivity index (χ2v) is 8.45. The quantitative estimate of drug-likeness (QED) is 0.268. The molecule has 1 aromatic heterocycles. The van der Waals surface area contributed by atoms with Crippen LogP contribution in [0.2, 0.25) is 0 Å². The van der Waals surface area contributed by atoms with Gasteiger partial charge in [-0.1, -0.05) is 48.5 Å². The fourth-order valence-corrected chi connectivity index (χ4v) is 3.70. The van der Waals surface area contributed by atoms with E-state index in [1.54, 1.807) is 48.5 Å². The predicted octanol–water partition coefficient (Wildman–Crippen LogP) is 5.58. The van der Waals surface area contributed by atoms with E-state index in [2.05, 4.69) is 9.97 Å². The standard InChI is InChI=1S/C28H24F3N3O5/c1-37-23-4-2-3-5-24(23)38-20-12-10-19(11-13-20)26(28(29,30)31)39-25-15-22(33-16-34-25)18-8-6-17(7-9-18)14-21(32)27(35)36/h2-13,15-16,21,26H,14,32H2,1H3,(H,35,36)/t21-,26?/m0/s1. The molecule has 3 aromatic carbocycles. The summed E-state index contributed by atoms with van der Waals surface area (Å²) in [4.78, 5) is 18.9. The van der Waals surface area contributed by atoms with Crippen molar-refractivity contribution in [2.24, 2.45) is 5.73 Å². The van der Waals surface area contributed by atoms with Gasteiger partial charge in [-0.15, -0.1) is 0 Å². The van der Waals surface area contributed by atoms with Gasteiger partial charge in [-0.3, -0.25) is 4.79 Å². The second kappa shape index (κ2) is 11.8. The molecule has 0 aliphatic heterocycles. The molecule has 4 aromatic rings. The summed E-state index contributed by atoms with van der Waals surface area (Å²) in [5.41, 5.74) is 7.02. The lowest BCUT2D eigenvalue weighted by Crippen LogP contribution is -2.32. The summed E-state index contributed by atoms with van der Waals surface area (Å²) < 4.78 is 58.3. The van der Waals surface area contributed by atoms with Crippen molar-refractivity contribution in [1.29, 1.82) is 0 Å². The topological polar surface area (TPSA) is 117 Å². The number of hydrogen-bond acceptors (Lipinski definition) is 7. The number of carbonyl (C=O) groups is 1. The van der Waals surface area contributed by atoms with Crippen molar-refractivity contribution in [2.75, 3.05) is 7.11 Å². The lowest BCUT2D eigenvalue weighted by molar-refractivity contribution is -0.198. The highest BCUT2D eigenvalue weighted by molar-refractivity contribution is 5.73. The van der Waals surface area contributed by atoms with Crippen molar-refractivity contribution in [2.45, 2.75) is 24.7 Å². The zero-order chi connectivity index (χ0) is 28.0. The molecule has 3 N–H and O–H groups in total. The van der Waals surface area contributed by atoms with Gasteiger partial charge in [0.2, 0.25) is 12.0 Å². The minimum absolute atomic E-state index is 0.129. The van der Waals surface area contributed by atoms with Crippen LogP contribution < -0.4 is 19.9 Å². The summed E-state index contributed by atoms with van der Waals surface area (Å²) in [5, 5.41) is 8.96. The van der Waals surface area contributed by atoms with Crippen LogP contribution in [0.1, 0.15) is 17.2 Å². The van der Waals surface area contributed by atoms with Crippen LogP contribution in [0.15, 0.2) is 85.2 Å². The van der Waals surface area contributed by atoms with E-state index in [1.807, 2.05) is 0 Å². The first-order valence-corrected chi connectivity index (χ1v) is 11.7. The summed E-state index contributed by atoms with van der Waals surface area (Å²) in [5.74, 6) is -0.164. The highest BCUT2D eigenvalue weighted by atomic mass is 19.4. The number of alkyl halides is 3. The van der Waals surface area contributed by atoms with Gasteiger partial charge in [0, 0.05) is 17.2 Å². The van der Waals surface area contributed by atoms with Crippen LogP contribution in [-0.2, 0) is 11.2 Å². The van der Waals surface area contributed by atoms with E-state index in [4.69, 9.17) is 25.1 Å². The third-order valence-corrected chi connectivity index (χ3v) is 5.68. The molecule has 0 saturated heterocycles. The van der Waals surface area contributed by atoms with Crippen LogP contribution in [0.5, 0.6) is 23.1 Å². The minimum Gasteiger partial charge on any atom is -0.493 e. The number of rotatable bonds is 10. The number of nitrogens with zero attached hydrogens (tertiary/aromatic N) is 2. The van der Waals surface area contributed by atoms with Crippen LogP contribution in [-0.4, -0.2) is 40.4 Å².